The van der Waals surface area contributed by atoms with Gasteiger partial charge in [0.05, 0.1) is 22.7 Å². The number of rotatable bonds is 2. The van der Waals surface area contributed by atoms with Crippen molar-refractivity contribution in [2.75, 3.05) is 0 Å². The second-order valence-electron chi connectivity index (χ2n) is 5.63. The average Bonchev–Trinajstić information content (AvgIpc) is 3.06. The quantitative estimate of drug-likeness (QED) is 0.618. The van der Waals surface area contributed by atoms with E-state index in [2.05, 4.69) is 10.3 Å². The lowest BCUT2D eigenvalue weighted by Crippen LogP contribution is -2.38. The predicted octanol–water partition coefficient (Wildman–Crippen LogP) is 3.62. The number of nitro benzene ring substituents is 1. The Labute approximate surface area is 126 Å². The number of non-ortho nitro benzene ring substituents is 1. The van der Waals surface area contributed by atoms with Crippen LogP contribution in [0.5, 0.6) is 0 Å². The van der Waals surface area contributed by atoms with Gasteiger partial charge in [0.25, 0.3) is 5.69 Å². The smallest absolute Gasteiger partial charge is 0.269 e. The number of nitro groups is 1. The van der Waals surface area contributed by atoms with Crippen LogP contribution in [0.25, 0.3) is 5.70 Å². The first-order valence-electron chi connectivity index (χ1n) is 7.23. The zero-order valence-electron chi connectivity index (χ0n) is 11.4. The molecule has 1 fully saturated rings. The number of benzene rings is 1. The van der Waals surface area contributed by atoms with Crippen LogP contribution in [-0.4, -0.2) is 27.1 Å². The molecule has 0 aromatic heterocycles. The standard InChI is InChI=1S/C15H15N3O2S/c19-18(20)11-7-5-10(6-8-11)14-9-21-15-16-12-3-1-2-4-13(12)17(14)15/h5-9,12-13H,1-4H2/t12-,13-/m0/s1. The van der Waals surface area contributed by atoms with Crippen LogP contribution >= 0.6 is 11.8 Å². The summed E-state index contributed by atoms with van der Waals surface area (Å²) in [4.78, 5) is 17.6. The van der Waals surface area contributed by atoms with Gasteiger partial charge in [-0.15, -0.1) is 0 Å². The molecule has 2 aliphatic heterocycles. The highest BCUT2D eigenvalue weighted by Gasteiger charge is 2.42. The lowest BCUT2D eigenvalue weighted by molar-refractivity contribution is -0.384. The van der Waals surface area contributed by atoms with Gasteiger partial charge in [0.2, 0.25) is 0 Å². The zero-order chi connectivity index (χ0) is 14.4. The van der Waals surface area contributed by atoms with Gasteiger partial charge >= 0.3 is 0 Å². The summed E-state index contributed by atoms with van der Waals surface area (Å²) in [6, 6.07) is 7.73. The molecular formula is C15H15N3O2S. The highest BCUT2D eigenvalue weighted by Crippen LogP contribution is 2.44. The minimum Gasteiger partial charge on any atom is -0.315 e. The van der Waals surface area contributed by atoms with E-state index >= 15 is 0 Å². The predicted molar refractivity (Wildman–Crippen MR) is 84.0 cm³/mol. The van der Waals surface area contributed by atoms with Gasteiger partial charge in [-0.1, -0.05) is 24.6 Å². The van der Waals surface area contributed by atoms with Crippen LogP contribution in [0.2, 0.25) is 0 Å². The first kappa shape index (κ1) is 12.9. The summed E-state index contributed by atoms with van der Waals surface area (Å²) < 4.78 is 0. The van der Waals surface area contributed by atoms with Gasteiger partial charge in [-0.25, -0.2) is 0 Å². The van der Waals surface area contributed by atoms with E-state index in [0.717, 1.165) is 16.4 Å². The Morgan fingerprint density at radius 2 is 2.00 bits per heavy atom. The Bertz CT molecular complexity index is 653. The van der Waals surface area contributed by atoms with Crippen molar-refractivity contribution in [2.45, 2.75) is 37.8 Å². The SMILES string of the molecule is O=[N+]([O-])c1ccc(C2=CSC3=N[C@H]4CCCC[C@@H]4N23)cc1. The molecule has 1 aromatic rings. The minimum atomic E-state index is -0.360. The molecule has 4 rings (SSSR count). The van der Waals surface area contributed by atoms with Gasteiger partial charge in [-0.2, -0.15) is 0 Å². The monoisotopic (exact) mass is 301 g/mol. The summed E-state index contributed by atoms with van der Waals surface area (Å²) in [6.07, 6.45) is 4.90. The van der Waals surface area contributed by atoms with Gasteiger partial charge in [-0.05, 0) is 30.5 Å². The van der Waals surface area contributed by atoms with Crippen LogP contribution in [0.3, 0.4) is 0 Å². The van der Waals surface area contributed by atoms with E-state index in [9.17, 15) is 10.1 Å². The Kier molecular flexibility index (Phi) is 2.99. The molecular weight excluding hydrogens is 286 g/mol. The van der Waals surface area contributed by atoms with Gasteiger partial charge in [0.1, 0.15) is 0 Å². The molecule has 5 nitrogen and oxygen atoms in total. The molecule has 0 radical (unpaired) electrons. The topological polar surface area (TPSA) is 58.7 Å². The van der Waals surface area contributed by atoms with Crippen molar-refractivity contribution in [3.05, 3.63) is 45.4 Å². The third-order valence-electron chi connectivity index (χ3n) is 4.42. The van der Waals surface area contributed by atoms with Crippen LogP contribution in [0.4, 0.5) is 5.69 Å². The first-order chi connectivity index (χ1) is 10.2. The summed E-state index contributed by atoms with van der Waals surface area (Å²) >= 11 is 1.67. The van der Waals surface area contributed by atoms with Crippen molar-refractivity contribution >= 4 is 28.3 Å². The van der Waals surface area contributed by atoms with E-state index in [0.29, 0.717) is 12.1 Å². The number of amidine groups is 1. The van der Waals surface area contributed by atoms with Crippen molar-refractivity contribution in [3.8, 4) is 0 Å². The third-order valence-corrected chi connectivity index (χ3v) is 5.27. The fourth-order valence-corrected chi connectivity index (χ4v) is 4.39. The lowest BCUT2D eigenvalue weighted by Gasteiger charge is -2.32. The second kappa shape index (κ2) is 4.87. The van der Waals surface area contributed by atoms with E-state index in [1.54, 1.807) is 23.9 Å². The molecule has 0 N–H and O–H groups in total. The molecule has 3 aliphatic rings. The molecule has 2 atom stereocenters. The van der Waals surface area contributed by atoms with Crippen molar-refractivity contribution in [2.24, 2.45) is 4.99 Å². The van der Waals surface area contributed by atoms with Gasteiger partial charge in [0, 0.05) is 17.5 Å². The molecule has 0 spiro atoms. The summed E-state index contributed by atoms with van der Waals surface area (Å²) in [5, 5.41) is 14.0. The summed E-state index contributed by atoms with van der Waals surface area (Å²) in [5.74, 6) is 0. The molecule has 108 valence electrons. The highest BCUT2D eigenvalue weighted by atomic mass is 32.2. The van der Waals surface area contributed by atoms with E-state index in [4.69, 9.17) is 4.99 Å². The average molecular weight is 301 g/mol. The molecule has 0 bridgehead atoms. The van der Waals surface area contributed by atoms with Crippen LogP contribution in [0, 0.1) is 10.1 Å². The lowest BCUT2D eigenvalue weighted by atomic mass is 9.90. The Balaban J connectivity index is 1.64. The van der Waals surface area contributed by atoms with Gasteiger partial charge < -0.3 is 4.90 Å². The van der Waals surface area contributed by atoms with Crippen LogP contribution in [-0.2, 0) is 0 Å². The second-order valence-corrected chi connectivity index (χ2v) is 6.46. The molecule has 1 aromatic carbocycles. The molecule has 2 heterocycles. The van der Waals surface area contributed by atoms with Crippen molar-refractivity contribution in [1.29, 1.82) is 0 Å². The van der Waals surface area contributed by atoms with Crippen LogP contribution in [0.15, 0.2) is 34.7 Å². The first-order valence-corrected chi connectivity index (χ1v) is 8.11. The third kappa shape index (κ3) is 2.05. The summed E-state index contributed by atoms with van der Waals surface area (Å²) in [7, 11) is 0. The number of fused-ring (bicyclic) bond motifs is 3. The number of thioether (sulfide) groups is 1. The largest absolute Gasteiger partial charge is 0.315 e. The highest BCUT2D eigenvalue weighted by molar-refractivity contribution is 8.16. The van der Waals surface area contributed by atoms with Gasteiger partial charge in [-0.3, -0.25) is 15.1 Å². The van der Waals surface area contributed by atoms with Crippen molar-refractivity contribution < 1.29 is 4.92 Å². The van der Waals surface area contributed by atoms with E-state index in [1.165, 1.54) is 25.7 Å². The molecule has 0 saturated heterocycles. The molecule has 0 amide bonds. The normalized spacial score (nSPS) is 27.0. The van der Waals surface area contributed by atoms with Gasteiger partial charge in [0.15, 0.2) is 5.17 Å². The fourth-order valence-electron chi connectivity index (χ4n) is 3.38. The van der Waals surface area contributed by atoms with E-state index in [1.807, 2.05) is 12.1 Å². The Morgan fingerprint density at radius 1 is 1.24 bits per heavy atom. The number of nitrogens with zero attached hydrogens (tertiary/aromatic N) is 3. The maximum atomic E-state index is 10.8. The van der Waals surface area contributed by atoms with E-state index in [-0.39, 0.29) is 10.6 Å². The number of aliphatic imine (C=N–C) groups is 1. The fraction of sp³-hybridized carbons (Fsp3) is 0.400. The Hall–Kier alpha value is -1.82. The number of hydrogen-bond donors (Lipinski definition) is 0. The number of hydrogen-bond acceptors (Lipinski definition) is 5. The van der Waals surface area contributed by atoms with Crippen molar-refractivity contribution in [3.63, 3.8) is 0 Å². The zero-order valence-corrected chi connectivity index (χ0v) is 12.3. The van der Waals surface area contributed by atoms with Crippen LogP contribution in [0.1, 0.15) is 31.2 Å². The molecule has 1 aliphatic carbocycles. The van der Waals surface area contributed by atoms with E-state index < -0.39 is 0 Å². The van der Waals surface area contributed by atoms with Crippen LogP contribution < -0.4 is 0 Å². The van der Waals surface area contributed by atoms with Crippen molar-refractivity contribution in [1.82, 2.24) is 4.90 Å². The summed E-state index contributed by atoms with van der Waals surface area (Å²) in [5.41, 5.74) is 2.31. The maximum Gasteiger partial charge on any atom is 0.269 e. The minimum absolute atomic E-state index is 0.135. The molecule has 21 heavy (non-hydrogen) atoms. The molecule has 6 heteroatoms. The Morgan fingerprint density at radius 3 is 2.76 bits per heavy atom. The summed E-state index contributed by atoms with van der Waals surface area (Å²) in [6.45, 7) is 0. The maximum absolute atomic E-state index is 10.8. The molecule has 0 unspecified atom stereocenters. The molecule has 1 saturated carbocycles.